The second kappa shape index (κ2) is 6.80. The highest BCUT2D eigenvalue weighted by Gasteiger charge is 2.30. The zero-order valence-electron chi connectivity index (χ0n) is 11.3. The van der Waals surface area contributed by atoms with E-state index < -0.39 is 11.7 Å². The maximum atomic E-state index is 12.4. The van der Waals surface area contributed by atoms with Crippen LogP contribution in [0, 0.1) is 0 Å². The van der Waals surface area contributed by atoms with Crippen LogP contribution in [-0.4, -0.2) is 31.8 Å². The van der Waals surface area contributed by atoms with Gasteiger partial charge in [-0.1, -0.05) is 0 Å². The monoisotopic (exact) mass is 303 g/mol. The van der Waals surface area contributed by atoms with E-state index in [0.717, 1.165) is 25.0 Å². The standard InChI is InChI=1S/C14H16F3NO3/c15-14(16,17)10-3-5-11(6-4-10)21-9-13(19)18-8-12-2-1-7-20-12/h3-6,12H,1-2,7-9H2,(H,18,19). The van der Waals surface area contributed by atoms with Crippen LogP contribution in [0.1, 0.15) is 18.4 Å². The van der Waals surface area contributed by atoms with Crippen LogP contribution in [0.4, 0.5) is 13.2 Å². The minimum atomic E-state index is -4.38. The molecule has 0 saturated carbocycles. The minimum Gasteiger partial charge on any atom is -0.484 e. The number of rotatable bonds is 5. The molecular weight excluding hydrogens is 287 g/mol. The van der Waals surface area contributed by atoms with E-state index >= 15 is 0 Å². The van der Waals surface area contributed by atoms with Crippen molar-refractivity contribution in [2.24, 2.45) is 0 Å². The van der Waals surface area contributed by atoms with Gasteiger partial charge >= 0.3 is 6.18 Å². The predicted molar refractivity (Wildman–Crippen MR) is 68.9 cm³/mol. The van der Waals surface area contributed by atoms with Crippen LogP contribution in [0.2, 0.25) is 0 Å². The van der Waals surface area contributed by atoms with E-state index in [9.17, 15) is 18.0 Å². The third kappa shape index (κ3) is 4.93. The Kier molecular flexibility index (Phi) is 5.06. The summed E-state index contributed by atoms with van der Waals surface area (Å²) in [5.74, 6) is -0.110. The Labute approximate surface area is 120 Å². The molecule has 1 unspecified atom stereocenters. The molecule has 0 radical (unpaired) electrons. The molecule has 0 aromatic heterocycles. The van der Waals surface area contributed by atoms with E-state index in [0.29, 0.717) is 13.2 Å². The van der Waals surface area contributed by atoms with Crippen molar-refractivity contribution < 1.29 is 27.4 Å². The van der Waals surface area contributed by atoms with E-state index in [4.69, 9.17) is 9.47 Å². The molecule has 0 spiro atoms. The average Bonchev–Trinajstić information content (AvgIpc) is 2.95. The Bertz CT molecular complexity index is 467. The Balaban J connectivity index is 1.73. The Morgan fingerprint density at radius 3 is 2.62 bits per heavy atom. The van der Waals surface area contributed by atoms with E-state index in [-0.39, 0.29) is 24.4 Å². The van der Waals surface area contributed by atoms with Gasteiger partial charge in [0.15, 0.2) is 6.61 Å². The fourth-order valence-corrected chi connectivity index (χ4v) is 1.97. The lowest BCUT2D eigenvalue weighted by atomic mass is 10.2. The molecule has 7 heteroatoms. The molecule has 1 atom stereocenters. The van der Waals surface area contributed by atoms with Crippen LogP contribution >= 0.6 is 0 Å². The zero-order chi connectivity index (χ0) is 15.3. The summed E-state index contributed by atoms with van der Waals surface area (Å²) < 4.78 is 47.6. The molecule has 1 saturated heterocycles. The number of nitrogens with one attached hydrogen (secondary N) is 1. The van der Waals surface area contributed by atoms with Gasteiger partial charge in [-0.15, -0.1) is 0 Å². The van der Waals surface area contributed by atoms with E-state index in [1.165, 1.54) is 12.1 Å². The lowest BCUT2D eigenvalue weighted by Gasteiger charge is -2.12. The van der Waals surface area contributed by atoms with E-state index in [1.54, 1.807) is 0 Å². The summed E-state index contributed by atoms with van der Waals surface area (Å²) in [6, 6.07) is 4.21. The number of carbonyl (C=O) groups is 1. The normalized spacial score (nSPS) is 18.5. The third-order valence-corrected chi connectivity index (χ3v) is 3.10. The summed E-state index contributed by atoms with van der Waals surface area (Å²) in [6.07, 6.45) is -2.43. The molecule has 0 bridgehead atoms. The van der Waals surface area contributed by atoms with Crippen LogP contribution < -0.4 is 10.1 Å². The van der Waals surface area contributed by atoms with Crippen molar-refractivity contribution in [3.05, 3.63) is 29.8 Å². The number of hydrogen-bond acceptors (Lipinski definition) is 3. The molecule has 1 fully saturated rings. The fourth-order valence-electron chi connectivity index (χ4n) is 1.97. The van der Waals surface area contributed by atoms with Crippen molar-refractivity contribution in [3.63, 3.8) is 0 Å². The maximum absolute atomic E-state index is 12.4. The number of carbonyl (C=O) groups excluding carboxylic acids is 1. The lowest BCUT2D eigenvalue weighted by molar-refractivity contribution is -0.137. The summed E-state index contributed by atoms with van der Waals surface area (Å²) in [6.45, 7) is 0.899. The van der Waals surface area contributed by atoms with Crippen LogP contribution in [0.15, 0.2) is 24.3 Å². The molecule has 116 valence electrons. The number of halogens is 3. The Hall–Kier alpha value is -1.76. The van der Waals surface area contributed by atoms with E-state index in [2.05, 4.69) is 5.32 Å². The van der Waals surface area contributed by atoms with Gasteiger partial charge in [-0.05, 0) is 37.1 Å². The van der Waals surface area contributed by atoms with Gasteiger partial charge in [0.05, 0.1) is 11.7 Å². The van der Waals surface area contributed by atoms with E-state index in [1.807, 2.05) is 0 Å². The third-order valence-electron chi connectivity index (χ3n) is 3.10. The smallest absolute Gasteiger partial charge is 0.416 e. The Morgan fingerprint density at radius 2 is 2.05 bits per heavy atom. The number of amides is 1. The fraction of sp³-hybridized carbons (Fsp3) is 0.500. The first-order valence-electron chi connectivity index (χ1n) is 6.63. The van der Waals surface area contributed by atoms with Gasteiger partial charge in [-0.3, -0.25) is 4.79 Å². The zero-order valence-corrected chi connectivity index (χ0v) is 11.3. The quantitative estimate of drug-likeness (QED) is 0.908. The van der Waals surface area contributed by atoms with Gasteiger partial charge in [0.1, 0.15) is 5.75 Å². The van der Waals surface area contributed by atoms with Crippen molar-refractivity contribution in [2.45, 2.75) is 25.1 Å². The first-order valence-corrected chi connectivity index (χ1v) is 6.63. The molecule has 1 heterocycles. The molecule has 1 aromatic carbocycles. The first-order chi connectivity index (χ1) is 9.95. The van der Waals surface area contributed by atoms with Crippen molar-refractivity contribution in [1.82, 2.24) is 5.32 Å². The number of benzene rings is 1. The molecule has 1 aliphatic heterocycles. The summed E-state index contributed by atoms with van der Waals surface area (Å²) >= 11 is 0. The number of alkyl halides is 3. The molecule has 1 amide bonds. The molecule has 1 N–H and O–H groups in total. The van der Waals surface area contributed by atoms with Gasteiger partial charge in [-0.25, -0.2) is 0 Å². The van der Waals surface area contributed by atoms with Crippen molar-refractivity contribution in [2.75, 3.05) is 19.8 Å². The van der Waals surface area contributed by atoms with Crippen LogP contribution in [0.5, 0.6) is 5.75 Å². The molecule has 4 nitrogen and oxygen atoms in total. The second-order valence-corrected chi connectivity index (χ2v) is 4.75. The van der Waals surface area contributed by atoms with Gasteiger partial charge in [0.25, 0.3) is 5.91 Å². The largest absolute Gasteiger partial charge is 0.484 e. The summed E-state index contributed by atoms with van der Waals surface area (Å²) in [7, 11) is 0. The second-order valence-electron chi connectivity index (χ2n) is 4.75. The predicted octanol–water partition coefficient (Wildman–Crippen LogP) is 2.38. The maximum Gasteiger partial charge on any atom is 0.416 e. The van der Waals surface area contributed by atoms with Gasteiger partial charge in [0.2, 0.25) is 0 Å². The molecule has 2 rings (SSSR count). The summed E-state index contributed by atoms with van der Waals surface area (Å²) in [5, 5.41) is 2.66. The molecule has 1 aliphatic rings. The minimum absolute atomic E-state index is 0.0417. The first kappa shape index (κ1) is 15.6. The average molecular weight is 303 g/mol. The van der Waals surface area contributed by atoms with Gasteiger partial charge in [-0.2, -0.15) is 13.2 Å². The van der Waals surface area contributed by atoms with Crippen LogP contribution in [0.3, 0.4) is 0 Å². The summed E-state index contributed by atoms with van der Waals surface area (Å²) in [5.41, 5.74) is -0.752. The van der Waals surface area contributed by atoms with Crippen molar-refractivity contribution in [3.8, 4) is 5.75 Å². The summed E-state index contributed by atoms with van der Waals surface area (Å²) in [4.78, 5) is 11.5. The molecule has 1 aromatic rings. The van der Waals surface area contributed by atoms with Gasteiger partial charge in [0, 0.05) is 13.2 Å². The Morgan fingerprint density at radius 1 is 1.33 bits per heavy atom. The highest BCUT2D eigenvalue weighted by atomic mass is 19.4. The highest BCUT2D eigenvalue weighted by Crippen LogP contribution is 2.30. The van der Waals surface area contributed by atoms with Crippen LogP contribution in [0.25, 0.3) is 0 Å². The van der Waals surface area contributed by atoms with Gasteiger partial charge < -0.3 is 14.8 Å². The van der Waals surface area contributed by atoms with Crippen LogP contribution in [-0.2, 0) is 15.7 Å². The number of ether oxygens (including phenoxy) is 2. The molecule has 21 heavy (non-hydrogen) atoms. The lowest BCUT2D eigenvalue weighted by Crippen LogP contribution is -2.35. The SMILES string of the molecule is O=C(COc1ccc(C(F)(F)F)cc1)NCC1CCCO1. The van der Waals surface area contributed by atoms with Crippen molar-refractivity contribution in [1.29, 1.82) is 0 Å². The topological polar surface area (TPSA) is 47.6 Å². The highest BCUT2D eigenvalue weighted by molar-refractivity contribution is 5.77. The molecule has 0 aliphatic carbocycles. The van der Waals surface area contributed by atoms with Crippen molar-refractivity contribution >= 4 is 5.91 Å². The molecular formula is C14H16F3NO3. The number of hydrogen-bond donors (Lipinski definition) is 1.